The number of nitrogens with one attached hydrogen (secondary N) is 1. The van der Waals surface area contributed by atoms with Gasteiger partial charge in [-0.25, -0.2) is 9.97 Å². The largest absolute Gasteiger partial charge is 0.384 e. The quantitative estimate of drug-likeness (QED) is 0.832. The van der Waals surface area contributed by atoms with E-state index in [1.165, 1.54) is 24.6 Å². The van der Waals surface area contributed by atoms with E-state index >= 15 is 0 Å². The van der Waals surface area contributed by atoms with Crippen molar-refractivity contribution in [1.29, 1.82) is 0 Å². The van der Waals surface area contributed by atoms with Gasteiger partial charge >= 0.3 is 0 Å². The van der Waals surface area contributed by atoms with Crippen LogP contribution in [0.5, 0.6) is 0 Å². The first-order valence-corrected chi connectivity index (χ1v) is 7.61. The van der Waals surface area contributed by atoms with Crippen molar-refractivity contribution in [3.8, 4) is 0 Å². The van der Waals surface area contributed by atoms with Crippen molar-refractivity contribution in [3.05, 3.63) is 11.9 Å². The molecular formula is C12H21N5S. The standard InChI is InChI=1S/C12H21N5S/c1-2-11-15-10(13)9-12(16-11)14-3-4-17-5-7-18-8-6-17/h9H,2-8H2,1H3,(H3,13,14,15,16). The van der Waals surface area contributed by atoms with Gasteiger partial charge in [-0.3, -0.25) is 4.90 Å². The van der Waals surface area contributed by atoms with E-state index in [0.717, 1.165) is 31.2 Å². The van der Waals surface area contributed by atoms with E-state index in [1.54, 1.807) is 6.07 Å². The fourth-order valence-corrected chi connectivity index (χ4v) is 2.91. The number of aryl methyl sites for hydroxylation is 1. The summed E-state index contributed by atoms with van der Waals surface area (Å²) in [6, 6.07) is 1.80. The average Bonchev–Trinajstić information content (AvgIpc) is 2.39. The first-order chi connectivity index (χ1) is 8.78. The van der Waals surface area contributed by atoms with Gasteiger partial charge in [0.25, 0.3) is 0 Å². The molecule has 0 bridgehead atoms. The topological polar surface area (TPSA) is 67.1 Å². The highest BCUT2D eigenvalue weighted by Crippen LogP contribution is 2.10. The Balaban J connectivity index is 1.80. The van der Waals surface area contributed by atoms with Crippen molar-refractivity contribution in [1.82, 2.24) is 14.9 Å². The van der Waals surface area contributed by atoms with E-state index in [4.69, 9.17) is 5.73 Å². The van der Waals surface area contributed by atoms with Crippen LogP contribution in [0.4, 0.5) is 11.6 Å². The number of rotatable bonds is 5. The number of thioether (sulfide) groups is 1. The molecule has 0 aliphatic carbocycles. The van der Waals surface area contributed by atoms with Gasteiger partial charge in [0.05, 0.1) is 0 Å². The summed E-state index contributed by atoms with van der Waals surface area (Å²) in [7, 11) is 0. The molecule has 18 heavy (non-hydrogen) atoms. The maximum atomic E-state index is 5.75. The summed E-state index contributed by atoms with van der Waals surface area (Å²) in [4.78, 5) is 11.1. The molecule has 100 valence electrons. The molecule has 1 aromatic heterocycles. The Kier molecular flexibility index (Phi) is 5.07. The third kappa shape index (κ3) is 4.03. The predicted octanol–water partition coefficient (Wildman–Crippen LogP) is 1.08. The summed E-state index contributed by atoms with van der Waals surface area (Å²) < 4.78 is 0. The van der Waals surface area contributed by atoms with Gasteiger partial charge in [-0.15, -0.1) is 0 Å². The second kappa shape index (κ2) is 6.80. The van der Waals surface area contributed by atoms with Gasteiger partial charge in [0.15, 0.2) is 0 Å². The first kappa shape index (κ1) is 13.4. The van der Waals surface area contributed by atoms with Crippen molar-refractivity contribution in [2.75, 3.05) is 48.7 Å². The Morgan fingerprint density at radius 3 is 2.89 bits per heavy atom. The predicted molar refractivity (Wildman–Crippen MR) is 78.1 cm³/mol. The summed E-state index contributed by atoms with van der Waals surface area (Å²) in [5.41, 5.74) is 5.75. The number of hydrogen-bond donors (Lipinski definition) is 2. The van der Waals surface area contributed by atoms with Crippen molar-refractivity contribution >= 4 is 23.4 Å². The molecule has 0 unspecified atom stereocenters. The monoisotopic (exact) mass is 267 g/mol. The van der Waals surface area contributed by atoms with Crippen LogP contribution in [0.2, 0.25) is 0 Å². The SMILES string of the molecule is CCc1nc(N)cc(NCCN2CCSCC2)n1. The summed E-state index contributed by atoms with van der Waals surface area (Å²) in [5.74, 6) is 4.68. The van der Waals surface area contributed by atoms with Gasteiger partial charge in [0.1, 0.15) is 17.5 Å². The van der Waals surface area contributed by atoms with Crippen LogP contribution < -0.4 is 11.1 Å². The fourth-order valence-electron chi connectivity index (χ4n) is 1.93. The smallest absolute Gasteiger partial charge is 0.132 e. The van der Waals surface area contributed by atoms with Gasteiger partial charge in [-0.2, -0.15) is 11.8 Å². The second-order valence-electron chi connectivity index (χ2n) is 4.33. The van der Waals surface area contributed by atoms with Crippen LogP contribution in [-0.2, 0) is 6.42 Å². The molecule has 3 N–H and O–H groups in total. The minimum Gasteiger partial charge on any atom is -0.384 e. The first-order valence-electron chi connectivity index (χ1n) is 6.45. The Labute approximate surface area is 113 Å². The van der Waals surface area contributed by atoms with Crippen molar-refractivity contribution in [2.45, 2.75) is 13.3 Å². The normalized spacial score (nSPS) is 16.7. The van der Waals surface area contributed by atoms with Gasteiger partial charge in [0, 0.05) is 50.2 Å². The molecule has 0 radical (unpaired) electrons. The molecule has 1 aliphatic heterocycles. The number of nitrogens with two attached hydrogens (primary N) is 1. The average molecular weight is 267 g/mol. The number of nitrogen functional groups attached to an aromatic ring is 1. The second-order valence-corrected chi connectivity index (χ2v) is 5.55. The lowest BCUT2D eigenvalue weighted by Gasteiger charge is -2.26. The number of nitrogens with zero attached hydrogens (tertiary/aromatic N) is 3. The molecule has 0 saturated carbocycles. The highest BCUT2D eigenvalue weighted by atomic mass is 32.2. The van der Waals surface area contributed by atoms with Crippen molar-refractivity contribution < 1.29 is 0 Å². The maximum absolute atomic E-state index is 5.75. The zero-order valence-electron chi connectivity index (χ0n) is 10.9. The fraction of sp³-hybridized carbons (Fsp3) is 0.667. The lowest BCUT2D eigenvalue weighted by atomic mass is 10.4. The van der Waals surface area contributed by atoms with E-state index in [2.05, 4.69) is 20.2 Å². The van der Waals surface area contributed by atoms with Gasteiger partial charge in [-0.05, 0) is 0 Å². The van der Waals surface area contributed by atoms with Crippen LogP contribution in [0.25, 0.3) is 0 Å². The van der Waals surface area contributed by atoms with Crippen LogP contribution >= 0.6 is 11.8 Å². The Hall–Kier alpha value is -1.01. The van der Waals surface area contributed by atoms with E-state index in [-0.39, 0.29) is 0 Å². The Morgan fingerprint density at radius 1 is 1.39 bits per heavy atom. The third-order valence-corrected chi connectivity index (χ3v) is 3.89. The minimum absolute atomic E-state index is 0.540. The van der Waals surface area contributed by atoms with Crippen molar-refractivity contribution in [3.63, 3.8) is 0 Å². The van der Waals surface area contributed by atoms with E-state index in [1.807, 2.05) is 18.7 Å². The molecule has 1 aromatic rings. The number of hydrogen-bond acceptors (Lipinski definition) is 6. The van der Waals surface area contributed by atoms with E-state index < -0.39 is 0 Å². The highest BCUT2D eigenvalue weighted by molar-refractivity contribution is 7.99. The summed E-state index contributed by atoms with van der Waals surface area (Å²) in [5, 5.41) is 3.33. The Bertz CT molecular complexity index is 379. The van der Waals surface area contributed by atoms with Gasteiger partial charge < -0.3 is 11.1 Å². The number of anilines is 2. The molecule has 5 nitrogen and oxygen atoms in total. The summed E-state index contributed by atoms with van der Waals surface area (Å²) >= 11 is 2.04. The molecule has 1 saturated heterocycles. The van der Waals surface area contributed by atoms with Crippen LogP contribution in [0.1, 0.15) is 12.7 Å². The molecule has 6 heteroatoms. The van der Waals surface area contributed by atoms with Crippen LogP contribution in [-0.4, -0.2) is 52.6 Å². The molecule has 1 fully saturated rings. The van der Waals surface area contributed by atoms with Crippen LogP contribution in [0.15, 0.2) is 6.07 Å². The van der Waals surface area contributed by atoms with E-state index in [9.17, 15) is 0 Å². The summed E-state index contributed by atoms with van der Waals surface area (Å²) in [6.45, 7) is 6.39. The molecule has 0 aromatic carbocycles. The van der Waals surface area contributed by atoms with Gasteiger partial charge in [0.2, 0.25) is 0 Å². The molecule has 2 rings (SSSR count). The zero-order valence-corrected chi connectivity index (χ0v) is 11.7. The molecule has 0 spiro atoms. The molecule has 1 aliphatic rings. The van der Waals surface area contributed by atoms with Gasteiger partial charge in [-0.1, -0.05) is 6.92 Å². The number of aromatic nitrogens is 2. The minimum atomic E-state index is 0.540. The van der Waals surface area contributed by atoms with E-state index in [0.29, 0.717) is 5.82 Å². The lowest BCUT2D eigenvalue weighted by Crippen LogP contribution is -2.36. The molecule has 2 heterocycles. The Morgan fingerprint density at radius 2 is 2.17 bits per heavy atom. The third-order valence-electron chi connectivity index (χ3n) is 2.95. The summed E-state index contributed by atoms with van der Waals surface area (Å²) in [6.07, 6.45) is 0.809. The molecular weight excluding hydrogens is 246 g/mol. The maximum Gasteiger partial charge on any atom is 0.132 e. The molecule has 0 amide bonds. The highest BCUT2D eigenvalue weighted by Gasteiger charge is 2.09. The van der Waals surface area contributed by atoms with Crippen LogP contribution in [0, 0.1) is 0 Å². The van der Waals surface area contributed by atoms with Crippen LogP contribution in [0.3, 0.4) is 0 Å². The zero-order chi connectivity index (χ0) is 12.8. The van der Waals surface area contributed by atoms with Crippen molar-refractivity contribution in [2.24, 2.45) is 0 Å². The molecule has 0 atom stereocenters. The lowest BCUT2D eigenvalue weighted by molar-refractivity contribution is 0.314.